The molecule has 2 aromatic rings. The number of benzene rings is 1. The SMILES string of the molecule is Cc1ccc(Cl)c(OC(C)C(=O)Nc2nc3c(s2)CC(C)CC3)c1. The monoisotopic (exact) mass is 364 g/mol. The van der Waals surface area contributed by atoms with Gasteiger partial charge in [-0.2, -0.15) is 0 Å². The van der Waals surface area contributed by atoms with Gasteiger partial charge in [0.25, 0.3) is 5.91 Å². The molecule has 128 valence electrons. The van der Waals surface area contributed by atoms with Gasteiger partial charge in [-0.25, -0.2) is 4.98 Å². The number of nitrogens with zero attached hydrogens (tertiary/aromatic N) is 1. The second-order valence-electron chi connectivity index (χ2n) is 6.42. The van der Waals surface area contributed by atoms with E-state index in [0.29, 0.717) is 21.8 Å². The molecule has 1 aromatic carbocycles. The summed E-state index contributed by atoms with van der Waals surface area (Å²) in [4.78, 5) is 18.2. The molecule has 0 radical (unpaired) electrons. The van der Waals surface area contributed by atoms with Gasteiger partial charge in [-0.3, -0.25) is 10.1 Å². The highest BCUT2D eigenvalue weighted by molar-refractivity contribution is 7.15. The molecular formula is C18H21ClN2O2S. The average molecular weight is 365 g/mol. The molecule has 1 aliphatic rings. The van der Waals surface area contributed by atoms with Crippen molar-refractivity contribution < 1.29 is 9.53 Å². The Kier molecular flexibility index (Phi) is 5.11. The number of hydrogen-bond acceptors (Lipinski definition) is 4. The second kappa shape index (κ2) is 7.11. The molecule has 6 heteroatoms. The van der Waals surface area contributed by atoms with Gasteiger partial charge in [0.15, 0.2) is 11.2 Å². The maximum Gasteiger partial charge on any atom is 0.266 e. The summed E-state index contributed by atoms with van der Waals surface area (Å²) >= 11 is 7.69. The predicted octanol–water partition coefficient (Wildman–Crippen LogP) is 4.64. The van der Waals surface area contributed by atoms with E-state index in [1.54, 1.807) is 24.3 Å². The van der Waals surface area contributed by atoms with Crippen LogP contribution in [0.5, 0.6) is 5.75 Å². The van der Waals surface area contributed by atoms with Crippen LogP contribution in [-0.2, 0) is 17.6 Å². The third-order valence-corrected chi connectivity index (χ3v) is 5.52. The lowest BCUT2D eigenvalue weighted by Crippen LogP contribution is -2.30. The van der Waals surface area contributed by atoms with E-state index in [-0.39, 0.29) is 5.91 Å². The summed E-state index contributed by atoms with van der Waals surface area (Å²) in [5.41, 5.74) is 2.16. The van der Waals surface area contributed by atoms with Gasteiger partial charge in [-0.05, 0) is 56.7 Å². The summed E-state index contributed by atoms with van der Waals surface area (Å²) < 4.78 is 5.71. The first-order chi connectivity index (χ1) is 11.4. The fourth-order valence-electron chi connectivity index (χ4n) is 2.75. The number of amides is 1. The topological polar surface area (TPSA) is 51.2 Å². The third-order valence-electron chi connectivity index (χ3n) is 4.18. The van der Waals surface area contributed by atoms with Crippen molar-refractivity contribution in [2.45, 2.75) is 46.1 Å². The van der Waals surface area contributed by atoms with Crippen LogP contribution in [0.1, 0.15) is 36.4 Å². The van der Waals surface area contributed by atoms with Crippen LogP contribution in [0.4, 0.5) is 5.13 Å². The predicted molar refractivity (Wildman–Crippen MR) is 98.2 cm³/mol. The average Bonchev–Trinajstić information content (AvgIpc) is 2.92. The Morgan fingerprint density at radius 2 is 2.29 bits per heavy atom. The number of rotatable bonds is 4. The first-order valence-electron chi connectivity index (χ1n) is 8.14. The summed E-state index contributed by atoms with van der Waals surface area (Å²) in [6.45, 7) is 5.92. The lowest BCUT2D eigenvalue weighted by atomic mass is 9.93. The van der Waals surface area contributed by atoms with E-state index in [4.69, 9.17) is 16.3 Å². The molecular weight excluding hydrogens is 344 g/mol. The van der Waals surface area contributed by atoms with E-state index in [1.807, 2.05) is 19.1 Å². The molecule has 24 heavy (non-hydrogen) atoms. The number of aryl methyl sites for hydroxylation is 2. The molecule has 2 unspecified atom stereocenters. The quantitative estimate of drug-likeness (QED) is 0.860. The van der Waals surface area contributed by atoms with E-state index < -0.39 is 6.10 Å². The number of anilines is 1. The molecule has 0 spiro atoms. The smallest absolute Gasteiger partial charge is 0.266 e. The van der Waals surface area contributed by atoms with Crippen LogP contribution in [0.15, 0.2) is 18.2 Å². The van der Waals surface area contributed by atoms with Crippen molar-refractivity contribution in [2.24, 2.45) is 5.92 Å². The Labute approximate surface area is 151 Å². The molecule has 1 aromatic heterocycles. The number of fused-ring (bicyclic) bond motifs is 1. The van der Waals surface area contributed by atoms with Crippen molar-refractivity contribution in [2.75, 3.05) is 5.32 Å². The molecule has 0 fully saturated rings. The molecule has 1 amide bonds. The lowest BCUT2D eigenvalue weighted by Gasteiger charge is -2.15. The van der Waals surface area contributed by atoms with Crippen LogP contribution < -0.4 is 10.1 Å². The second-order valence-corrected chi connectivity index (χ2v) is 7.91. The summed E-state index contributed by atoms with van der Waals surface area (Å²) in [6, 6.07) is 5.50. The number of nitrogens with one attached hydrogen (secondary N) is 1. The van der Waals surface area contributed by atoms with Gasteiger partial charge >= 0.3 is 0 Å². The molecule has 0 saturated heterocycles. The minimum absolute atomic E-state index is 0.216. The van der Waals surface area contributed by atoms with Crippen molar-refractivity contribution >= 4 is 34.0 Å². The molecule has 1 N–H and O–H groups in total. The number of hydrogen-bond donors (Lipinski definition) is 1. The highest BCUT2D eigenvalue weighted by Gasteiger charge is 2.22. The molecule has 2 atom stereocenters. The Morgan fingerprint density at radius 1 is 1.50 bits per heavy atom. The van der Waals surface area contributed by atoms with Crippen LogP contribution >= 0.6 is 22.9 Å². The van der Waals surface area contributed by atoms with Crippen LogP contribution in [0.2, 0.25) is 5.02 Å². The number of carbonyl (C=O) groups excluding carboxylic acids is 1. The zero-order valence-corrected chi connectivity index (χ0v) is 15.6. The van der Waals surface area contributed by atoms with Gasteiger partial charge in [0.1, 0.15) is 5.75 Å². The van der Waals surface area contributed by atoms with Crippen molar-refractivity contribution in [3.8, 4) is 5.75 Å². The summed E-state index contributed by atoms with van der Waals surface area (Å²) in [5, 5.41) is 4.02. The van der Waals surface area contributed by atoms with E-state index in [0.717, 1.165) is 30.5 Å². The van der Waals surface area contributed by atoms with Gasteiger partial charge in [0.2, 0.25) is 0 Å². The molecule has 1 heterocycles. The maximum atomic E-state index is 12.4. The van der Waals surface area contributed by atoms with Crippen molar-refractivity contribution in [1.29, 1.82) is 0 Å². The van der Waals surface area contributed by atoms with Crippen molar-refractivity contribution in [1.82, 2.24) is 4.98 Å². The molecule has 0 saturated carbocycles. The van der Waals surface area contributed by atoms with E-state index in [1.165, 1.54) is 4.88 Å². The van der Waals surface area contributed by atoms with E-state index in [9.17, 15) is 4.79 Å². The number of ether oxygens (including phenoxy) is 1. The van der Waals surface area contributed by atoms with Gasteiger partial charge < -0.3 is 4.74 Å². The van der Waals surface area contributed by atoms with Gasteiger partial charge in [-0.15, -0.1) is 11.3 Å². The van der Waals surface area contributed by atoms with Gasteiger partial charge in [-0.1, -0.05) is 24.6 Å². The Hall–Kier alpha value is -1.59. The summed E-state index contributed by atoms with van der Waals surface area (Å²) in [7, 11) is 0. The zero-order chi connectivity index (χ0) is 17.3. The zero-order valence-electron chi connectivity index (χ0n) is 14.1. The Balaban J connectivity index is 1.65. The van der Waals surface area contributed by atoms with E-state index >= 15 is 0 Å². The fraction of sp³-hybridized carbons (Fsp3) is 0.444. The van der Waals surface area contributed by atoms with Crippen molar-refractivity contribution in [3.63, 3.8) is 0 Å². The normalized spacial score (nSPS) is 17.9. The Bertz CT molecular complexity index is 759. The third kappa shape index (κ3) is 3.90. The highest BCUT2D eigenvalue weighted by atomic mass is 35.5. The van der Waals surface area contributed by atoms with Crippen molar-refractivity contribution in [3.05, 3.63) is 39.4 Å². The number of halogens is 1. The summed E-state index contributed by atoms with van der Waals surface area (Å²) in [5.74, 6) is 0.991. The number of aromatic nitrogens is 1. The van der Waals surface area contributed by atoms with Crippen LogP contribution in [0.25, 0.3) is 0 Å². The molecule has 3 rings (SSSR count). The first-order valence-corrected chi connectivity index (χ1v) is 9.34. The first kappa shape index (κ1) is 17.2. The molecule has 1 aliphatic carbocycles. The molecule has 4 nitrogen and oxygen atoms in total. The van der Waals surface area contributed by atoms with Crippen LogP contribution in [0.3, 0.4) is 0 Å². The Morgan fingerprint density at radius 3 is 3.08 bits per heavy atom. The van der Waals surface area contributed by atoms with Crippen LogP contribution in [-0.4, -0.2) is 17.0 Å². The number of thiazole rings is 1. The minimum Gasteiger partial charge on any atom is -0.479 e. The van der Waals surface area contributed by atoms with E-state index in [2.05, 4.69) is 17.2 Å². The maximum absolute atomic E-state index is 12.4. The largest absolute Gasteiger partial charge is 0.479 e. The number of carbonyl (C=O) groups is 1. The van der Waals surface area contributed by atoms with Crippen LogP contribution in [0, 0.1) is 12.8 Å². The molecule has 0 aliphatic heterocycles. The summed E-state index contributed by atoms with van der Waals surface area (Å²) in [6.07, 6.45) is 2.56. The highest BCUT2D eigenvalue weighted by Crippen LogP contribution is 2.32. The van der Waals surface area contributed by atoms with Gasteiger partial charge in [0, 0.05) is 4.88 Å². The standard InChI is InChI=1S/C18H21ClN2O2S/c1-10-4-6-13(19)15(8-10)23-12(3)17(22)21-18-20-14-7-5-11(2)9-16(14)24-18/h4,6,8,11-12H,5,7,9H2,1-3H3,(H,20,21,22). The van der Waals surface area contributed by atoms with Gasteiger partial charge in [0.05, 0.1) is 10.7 Å². The fourth-order valence-corrected chi connectivity index (χ4v) is 4.08. The lowest BCUT2D eigenvalue weighted by molar-refractivity contribution is -0.122. The minimum atomic E-state index is -0.649. The molecule has 0 bridgehead atoms.